The first-order chi connectivity index (χ1) is 30.1. The summed E-state index contributed by atoms with van der Waals surface area (Å²) in [6.07, 6.45) is 6.69. The number of hydrogen-bond donors (Lipinski definition) is 1. The van der Waals surface area contributed by atoms with Crippen LogP contribution < -0.4 is 19.1 Å². The van der Waals surface area contributed by atoms with Crippen LogP contribution in [0.1, 0.15) is 98.3 Å². The van der Waals surface area contributed by atoms with Gasteiger partial charge in [0.05, 0.1) is 43.9 Å². The number of aliphatic hydroxyl groups is 1. The van der Waals surface area contributed by atoms with Gasteiger partial charge in [-0.1, -0.05) is 41.9 Å². The Hall–Kier alpha value is -4.29. The predicted molar refractivity (Wildman–Crippen MR) is 247 cm³/mol. The largest absolute Gasteiger partial charge is 0.497 e. The van der Waals surface area contributed by atoms with Gasteiger partial charge in [-0.2, -0.15) is 4.31 Å². The minimum atomic E-state index is -3.61. The number of esters is 1. The van der Waals surface area contributed by atoms with E-state index in [4.69, 9.17) is 30.5 Å². The fourth-order valence-electron chi connectivity index (χ4n) is 10.2. The van der Waals surface area contributed by atoms with E-state index in [1.807, 2.05) is 87.5 Å². The highest BCUT2D eigenvalue weighted by Gasteiger charge is 2.50. The van der Waals surface area contributed by atoms with Crippen molar-refractivity contribution >= 4 is 33.3 Å². The van der Waals surface area contributed by atoms with Crippen molar-refractivity contribution in [1.29, 1.82) is 0 Å². The summed E-state index contributed by atoms with van der Waals surface area (Å²) >= 11 is 6.50. The highest BCUT2D eigenvalue weighted by molar-refractivity contribution is 7.89. The van der Waals surface area contributed by atoms with Gasteiger partial charge >= 0.3 is 5.97 Å². The zero-order valence-electron chi connectivity index (χ0n) is 37.4. The van der Waals surface area contributed by atoms with Gasteiger partial charge in [-0.3, -0.25) is 0 Å². The van der Waals surface area contributed by atoms with Crippen molar-refractivity contribution in [2.45, 2.75) is 102 Å². The van der Waals surface area contributed by atoms with E-state index in [0.717, 1.165) is 97.1 Å². The number of hydrogen-bond acceptors (Lipinski definition) is 9. The molecule has 1 spiro atoms. The molecular formula is C51H63ClN2O8S. The normalized spacial score (nSPS) is 23.5. The standard InChI is InChI=1S/C51H63ClN2O8S/c1-50(2,3)62-49(56)38-15-23-47-46(28-38)53(32-51(33-61-47)24-6-8-37-26-40(52)16-22-45(37)51)31-39-14-21-43(39)48(55)44-27-36(44)9-7-25-63(57,58)54(29-34-10-17-41(59-4)18-11-34)30-35-12-19-42(60-5)20-13-35/h10-13,15-20,22-23,26,28,36,39,43-44,48,55H,6-9,14,21,24-25,27,29-33H2,1-5H3/t36-,39+,43-,44-,48-,51+/m1/s1. The van der Waals surface area contributed by atoms with Gasteiger partial charge < -0.3 is 29.0 Å². The first-order valence-corrected chi connectivity index (χ1v) is 24.6. The second kappa shape index (κ2) is 18.7. The van der Waals surface area contributed by atoms with E-state index in [1.54, 1.807) is 24.6 Å². The van der Waals surface area contributed by atoms with E-state index in [9.17, 15) is 18.3 Å². The fraction of sp³-hybridized carbons (Fsp3) is 0.510. The lowest BCUT2D eigenvalue weighted by molar-refractivity contribution is -0.00181. The average molecular weight is 900 g/mol. The van der Waals surface area contributed by atoms with E-state index in [2.05, 4.69) is 17.0 Å². The van der Waals surface area contributed by atoms with Crippen molar-refractivity contribution in [2.75, 3.05) is 44.6 Å². The Morgan fingerprint density at radius 2 is 1.60 bits per heavy atom. The molecule has 2 fully saturated rings. The van der Waals surface area contributed by atoms with E-state index in [0.29, 0.717) is 24.5 Å². The molecule has 0 unspecified atom stereocenters. The summed E-state index contributed by atoms with van der Waals surface area (Å²) in [7, 11) is -0.384. The monoisotopic (exact) mass is 898 g/mol. The minimum absolute atomic E-state index is 0.0451. The van der Waals surface area contributed by atoms with Gasteiger partial charge in [0, 0.05) is 36.6 Å². The highest BCUT2D eigenvalue weighted by atomic mass is 35.5. The van der Waals surface area contributed by atoms with Crippen molar-refractivity contribution in [1.82, 2.24) is 4.31 Å². The number of sulfonamides is 1. The molecule has 338 valence electrons. The van der Waals surface area contributed by atoms with Crippen LogP contribution in [-0.2, 0) is 39.7 Å². The number of carbonyl (C=O) groups excluding carboxylic acids is 1. The number of benzene rings is 4. The van der Waals surface area contributed by atoms with Crippen molar-refractivity contribution in [3.8, 4) is 17.2 Å². The zero-order chi connectivity index (χ0) is 44.5. The number of carbonyl (C=O) groups is 1. The molecule has 2 saturated carbocycles. The Bertz CT molecular complexity index is 2300. The van der Waals surface area contributed by atoms with Crippen LogP contribution in [0, 0.1) is 23.7 Å². The van der Waals surface area contributed by atoms with Crippen molar-refractivity contribution in [2.24, 2.45) is 23.7 Å². The SMILES string of the molecule is COc1ccc(CN(Cc2ccc(OC)cc2)S(=O)(=O)CCC[C@@H]2C[C@H]2[C@H](O)[C@@H]2CC[C@H]2CN2C[C@@]3(CCCc4cc(Cl)ccc43)COc3ccc(C(=O)OC(C)(C)C)cc32)cc1. The van der Waals surface area contributed by atoms with Crippen molar-refractivity contribution in [3.63, 3.8) is 0 Å². The molecular weight excluding hydrogens is 836 g/mol. The number of aryl methyl sites for hydroxylation is 1. The van der Waals surface area contributed by atoms with Crippen LogP contribution in [0.4, 0.5) is 5.69 Å². The molecule has 0 amide bonds. The van der Waals surface area contributed by atoms with Gasteiger partial charge in [-0.05, 0) is 173 Å². The lowest BCUT2D eigenvalue weighted by atomic mass is 9.68. The summed E-state index contributed by atoms with van der Waals surface area (Å²) in [6.45, 7) is 8.10. The summed E-state index contributed by atoms with van der Waals surface area (Å²) in [5.41, 5.74) is 4.80. The summed E-state index contributed by atoms with van der Waals surface area (Å²) in [5, 5.41) is 12.7. The first kappa shape index (κ1) is 45.3. The number of rotatable bonds is 16. The molecule has 1 aliphatic heterocycles. The first-order valence-electron chi connectivity index (χ1n) is 22.6. The van der Waals surface area contributed by atoms with Crippen LogP contribution >= 0.6 is 11.6 Å². The number of ether oxygens (including phenoxy) is 4. The fourth-order valence-corrected chi connectivity index (χ4v) is 11.9. The lowest BCUT2D eigenvalue weighted by Crippen LogP contribution is -2.50. The van der Waals surface area contributed by atoms with Crippen LogP contribution in [0.15, 0.2) is 84.9 Å². The second-order valence-electron chi connectivity index (χ2n) is 19.4. The van der Waals surface area contributed by atoms with Crippen molar-refractivity contribution < 1.29 is 37.3 Å². The van der Waals surface area contributed by atoms with Crippen LogP contribution in [-0.4, -0.2) is 75.2 Å². The maximum Gasteiger partial charge on any atom is 0.338 e. The van der Waals surface area contributed by atoms with Crippen molar-refractivity contribution in [3.05, 3.63) is 118 Å². The van der Waals surface area contributed by atoms with E-state index < -0.39 is 21.7 Å². The molecule has 0 radical (unpaired) electrons. The quantitative estimate of drug-likeness (QED) is 0.110. The molecule has 8 rings (SSSR count). The van der Waals surface area contributed by atoms with Gasteiger partial charge in [0.1, 0.15) is 22.8 Å². The molecule has 1 N–H and O–H groups in total. The molecule has 0 aromatic heterocycles. The van der Waals surface area contributed by atoms with Crippen LogP contribution in [0.5, 0.6) is 17.2 Å². The van der Waals surface area contributed by atoms with Gasteiger partial charge in [-0.15, -0.1) is 0 Å². The Morgan fingerprint density at radius 1 is 0.921 bits per heavy atom. The number of anilines is 1. The second-order valence-corrected chi connectivity index (χ2v) is 21.9. The maximum atomic E-state index is 14.0. The molecule has 3 aliphatic carbocycles. The molecule has 10 nitrogen and oxygen atoms in total. The minimum Gasteiger partial charge on any atom is -0.497 e. The molecule has 4 aromatic rings. The summed E-state index contributed by atoms with van der Waals surface area (Å²) in [4.78, 5) is 15.8. The molecule has 4 aromatic carbocycles. The van der Waals surface area contributed by atoms with E-state index in [1.165, 1.54) is 11.1 Å². The van der Waals surface area contributed by atoms with Gasteiger partial charge in [-0.25, -0.2) is 13.2 Å². The van der Waals surface area contributed by atoms with E-state index >= 15 is 0 Å². The Labute approximate surface area is 378 Å². The molecule has 1 heterocycles. The molecule has 4 aliphatic rings. The van der Waals surface area contributed by atoms with Gasteiger partial charge in [0.2, 0.25) is 10.0 Å². The van der Waals surface area contributed by atoms with Crippen LogP contribution in [0.2, 0.25) is 5.02 Å². The number of nitrogens with zero attached hydrogens (tertiary/aromatic N) is 2. The molecule has 6 atom stereocenters. The van der Waals surface area contributed by atoms with Gasteiger partial charge in [0.15, 0.2) is 0 Å². The molecule has 12 heteroatoms. The number of aliphatic hydroxyl groups excluding tert-OH is 1. The third kappa shape index (κ3) is 10.5. The van der Waals surface area contributed by atoms with Gasteiger partial charge in [0.25, 0.3) is 0 Å². The number of halogens is 1. The predicted octanol–water partition coefficient (Wildman–Crippen LogP) is 9.62. The smallest absolute Gasteiger partial charge is 0.338 e. The number of methoxy groups -OCH3 is 2. The summed E-state index contributed by atoms with van der Waals surface area (Å²) in [5.74, 6) is 2.73. The van der Waals surface area contributed by atoms with E-state index in [-0.39, 0.29) is 48.0 Å². The molecule has 0 bridgehead atoms. The average Bonchev–Trinajstić information content (AvgIpc) is 4.05. The number of fused-ring (bicyclic) bond motifs is 3. The molecule has 0 saturated heterocycles. The van der Waals surface area contributed by atoms with Crippen LogP contribution in [0.3, 0.4) is 0 Å². The third-order valence-electron chi connectivity index (χ3n) is 13.9. The zero-order valence-corrected chi connectivity index (χ0v) is 38.9. The summed E-state index contributed by atoms with van der Waals surface area (Å²) < 4.78 is 52.7. The Balaban J connectivity index is 0.936. The maximum absolute atomic E-state index is 14.0. The summed E-state index contributed by atoms with van der Waals surface area (Å²) in [6, 6.07) is 26.9. The third-order valence-corrected chi connectivity index (χ3v) is 15.9. The Morgan fingerprint density at radius 3 is 2.22 bits per heavy atom. The van der Waals surface area contributed by atoms with Crippen LogP contribution in [0.25, 0.3) is 0 Å². The Kier molecular flexibility index (Phi) is 13.4. The topological polar surface area (TPSA) is 115 Å². The highest BCUT2D eigenvalue weighted by Crippen LogP contribution is 2.52. The molecule has 63 heavy (non-hydrogen) atoms. The lowest BCUT2D eigenvalue weighted by Gasteiger charge is -2.46.